The summed E-state index contributed by atoms with van der Waals surface area (Å²) in [6, 6.07) is 5.38. The summed E-state index contributed by atoms with van der Waals surface area (Å²) >= 11 is 5.94. The van der Waals surface area contributed by atoms with Crippen molar-refractivity contribution in [3.8, 4) is 5.75 Å². The van der Waals surface area contributed by atoms with Crippen LogP contribution in [0.3, 0.4) is 0 Å². The second-order valence-corrected chi connectivity index (χ2v) is 5.59. The van der Waals surface area contributed by atoms with Gasteiger partial charge < -0.3 is 10.0 Å². The SMILES string of the molecule is CN1CC(CCl)c2c1cc(O)c1cccc(C(F)(F)F)c21. The van der Waals surface area contributed by atoms with Crippen molar-refractivity contribution in [2.45, 2.75) is 12.1 Å². The van der Waals surface area contributed by atoms with E-state index in [9.17, 15) is 18.3 Å². The van der Waals surface area contributed by atoms with Gasteiger partial charge in [0.05, 0.1) is 5.56 Å². The van der Waals surface area contributed by atoms with Gasteiger partial charge in [-0.05, 0) is 11.6 Å². The van der Waals surface area contributed by atoms with E-state index in [1.54, 1.807) is 7.05 Å². The van der Waals surface area contributed by atoms with E-state index in [0.717, 1.165) is 6.07 Å². The molecule has 0 saturated carbocycles. The molecule has 0 spiro atoms. The Kier molecular flexibility index (Phi) is 3.20. The highest BCUT2D eigenvalue weighted by atomic mass is 35.5. The zero-order chi connectivity index (χ0) is 15.4. The van der Waals surface area contributed by atoms with Crippen LogP contribution in [0.1, 0.15) is 17.0 Å². The van der Waals surface area contributed by atoms with Gasteiger partial charge in [0, 0.05) is 47.9 Å². The molecule has 1 heterocycles. The summed E-state index contributed by atoms with van der Waals surface area (Å²) in [5.41, 5.74) is 0.466. The lowest BCUT2D eigenvalue weighted by atomic mass is 9.92. The fourth-order valence-electron chi connectivity index (χ4n) is 3.08. The molecule has 1 unspecified atom stereocenters. The largest absolute Gasteiger partial charge is 0.507 e. The van der Waals surface area contributed by atoms with Crippen LogP contribution in [0.25, 0.3) is 10.8 Å². The van der Waals surface area contributed by atoms with Crippen molar-refractivity contribution in [3.05, 3.63) is 35.4 Å². The third kappa shape index (κ3) is 2.11. The smallest absolute Gasteiger partial charge is 0.417 e. The number of benzene rings is 2. The van der Waals surface area contributed by atoms with E-state index in [-0.39, 0.29) is 28.3 Å². The number of alkyl halides is 4. The fraction of sp³-hybridized carbons (Fsp3) is 0.333. The molecule has 3 rings (SSSR count). The van der Waals surface area contributed by atoms with Crippen LogP contribution >= 0.6 is 11.6 Å². The number of phenolic OH excluding ortho intramolecular Hbond substituents is 1. The van der Waals surface area contributed by atoms with E-state index < -0.39 is 11.7 Å². The maximum absolute atomic E-state index is 13.3. The Labute approximate surface area is 124 Å². The molecule has 1 aliphatic heterocycles. The molecule has 0 saturated heterocycles. The van der Waals surface area contributed by atoms with Gasteiger partial charge in [0.1, 0.15) is 5.75 Å². The van der Waals surface area contributed by atoms with Gasteiger partial charge in [-0.25, -0.2) is 0 Å². The molecule has 0 amide bonds. The van der Waals surface area contributed by atoms with E-state index in [0.29, 0.717) is 17.8 Å². The van der Waals surface area contributed by atoms with Crippen molar-refractivity contribution < 1.29 is 18.3 Å². The van der Waals surface area contributed by atoms with Gasteiger partial charge in [-0.1, -0.05) is 12.1 Å². The van der Waals surface area contributed by atoms with Crippen molar-refractivity contribution in [3.63, 3.8) is 0 Å². The highest BCUT2D eigenvalue weighted by Crippen LogP contribution is 2.48. The molecule has 0 aliphatic carbocycles. The van der Waals surface area contributed by atoms with Gasteiger partial charge >= 0.3 is 6.18 Å². The summed E-state index contributed by atoms with van der Waals surface area (Å²) in [7, 11) is 1.78. The number of aromatic hydroxyl groups is 1. The maximum Gasteiger partial charge on any atom is 0.417 e. The maximum atomic E-state index is 13.3. The highest BCUT2D eigenvalue weighted by molar-refractivity contribution is 6.18. The molecule has 21 heavy (non-hydrogen) atoms. The minimum Gasteiger partial charge on any atom is -0.507 e. The van der Waals surface area contributed by atoms with Crippen molar-refractivity contribution in [1.29, 1.82) is 0 Å². The molecule has 0 aromatic heterocycles. The van der Waals surface area contributed by atoms with E-state index in [2.05, 4.69) is 0 Å². The number of nitrogens with zero attached hydrogens (tertiary/aromatic N) is 1. The monoisotopic (exact) mass is 315 g/mol. The van der Waals surface area contributed by atoms with Crippen LogP contribution in [0.2, 0.25) is 0 Å². The van der Waals surface area contributed by atoms with Crippen LogP contribution in [0, 0.1) is 0 Å². The molecule has 0 bridgehead atoms. The first kappa shape index (κ1) is 14.3. The van der Waals surface area contributed by atoms with Crippen LogP contribution in [0.15, 0.2) is 24.3 Å². The van der Waals surface area contributed by atoms with Crippen molar-refractivity contribution >= 4 is 28.1 Å². The number of anilines is 1. The molecular weight excluding hydrogens is 303 g/mol. The Balaban J connectivity index is 2.46. The normalized spacial score (nSPS) is 18.3. The zero-order valence-electron chi connectivity index (χ0n) is 11.2. The van der Waals surface area contributed by atoms with E-state index in [1.807, 2.05) is 4.90 Å². The molecular formula is C15H13ClF3NO. The van der Waals surface area contributed by atoms with Crippen LogP contribution in [0.4, 0.5) is 18.9 Å². The Morgan fingerprint density at radius 3 is 2.71 bits per heavy atom. The molecule has 1 N–H and O–H groups in total. The van der Waals surface area contributed by atoms with Crippen LogP contribution < -0.4 is 4.90 Å². The number of hydrogen-bond donors (Lipinski definition) is 1. The fourth-order valence-corrected chi connectivity index (χ4v) is 3.33. The Morgan fingerprint density at radius 1 is 1.38 bits per heavy atom. The molecule has 2 nitrogen and oxygen atoms in total. The zero-order valence-corrected chi connectivity index (χ0v) is 12.0. The quantitative estimate of drug-likeness (QED) is 0.791. The van der Waals surface area contributed by atoms with Gasteiger partial charge in [-0.15, -0.1) is 11.6 Å². The van der Waals surface area contributed by atoms with Crippen molar-refractivity contribution in [1.82, 2.24) is 0 Å². The first-order valence-electron chi connectivity index (χ1n) is 6.47. The first-order chi connectivity index (χ1) is 9.84. The Morgan fingerprint density at radius 2 is 2.10 bits per heavy atom. The molecule has 2 aromatic rings. The summed E-state index contributed by atoms with van der Waals surface area (Å²) in [6.07, 6.45) is -4.47. The topological polar surface area (TPSA) is 23.5 Å². The van der Waals surface area contributed by atoms with E-state index in [1.165, 1.54) is 18.2 Å². The van der Waals surface area contributed by atoms with Crippen LogP contribution in [0.5, 0.6) is 5.75 Å². The summed E-state index contributed by atoms with van der Waals surface area (Å²) < 4.78 is 40.0. The van der Waals surface area contributed by atoms with Crippen molar-refractivity contribution in [2.24, 2.45) is 0 Å². The molecule has 0 radical (unpaired) electrons. The second-order valence-electron chi connectivity index (χ2n) is 5.29. The molecule has 1 aliphatic rings. The lowest BCUT2D eigenvalue weighted by Crippen LogP contribution is -2.15. The highest BCUT2D eigenvalue weighted by Gasteiger charge is 2.37. The number of phenols is 1. The third-order valence-corrected chi connectivity index (χ3v) is 4.34. The first-order valence-corrected chi connectivity index (χ1v) is 7.01. The average molecular weight is 316 g/mol. The van der Waals surface area contributed by atoms with Gasteiger partial charge in [0.15, 0.2) is 0 Å². The summed E-state index contributed by atoms with van der Waals surface area (Å²) in [6.45, 7) is 0.545. The molecule has 1 atom stereocenters. The summed E-state index contributed by atoms with van der Waals surface area (Å²) in [4.78, 5) is 1.83. The molecule has 2 aromatic carbocycles. The van der Waals surface area contributed by atoms with Gasteiger partial charge in [-0.2, -0.15) is 13.2 Å². The number of halogens is 4. The predicted molar refractivity (Wildman–Crippen MR) is 77.3 cm³/mol. The number of rotatable bonds is 1. The van der Waals surface area contributed by atoms with Crippen LogP contribution in [-0.4, -0.2) is 24.6 Å². The van der Waals surface area contributed by atoms with E-state index in [4.69, 9.17) is 11.6 Å². The molecule has 0 fully saturated rings. The lowest BCUT2D eigenvalue weighted by Gasteiger charge is -2.17. The number of likely N-dealkylation sites (N-methyl/N-ethyl adjacent to an activating group) is 1. The van der Waals surface area contributed by atoms with Gasteiger partial charge in [-0.3, -0.25) is 0 Å². The van der Waals surface area contributed by atoms with Gasteiger partial charge in [0.2, 0.25) is 0 Å². The third-order valence-electron chi connectivity index (χ3n) is 3.96. The summed E-state index contributed by atoms with van der Waals surface area (Å²) in [5, 5.41) is 10.4. The molecule has 112 valence electrons. The van der Waals surface area contributed by atoms with Crippen molar-refractivity contribution in [2.75, 3.05) is 24.4 Å². The number of hydrogen-bond acceptors (Lipinski definition) is 2. The predicted octanol–water partition coefficient (Wildman–Crippen LogP) is 4.34. The lowest BCUT2D eigenvalue weighted by molar-refractivity contribution is -0.136. The summed E-state index contributed by atoms with van der Waals surface area (Å²) in [5.74, 6) is -0.0844. The standard InChI is InChI=1S/C15H13ClF3NO/c1-20-7-8(6-16)13-11(20)5-12(21)9-3-2-4-10(14(9)13)15(17,18)19/h2-5,8,21H,6-7H2,1H3. The Bertz CT molecular complexity index is 714. The minimum atomic E-state index is -4.47. The molecule has 6 heteroatoms. The number of fused-ring (bicyclic) bond motifs is 3. The second kappa shape index (κ2) is 4.70. The van der Waals surface area contributed by atoms with E-state index >= 15 is 0 Å². The Hall–Kier alpha value is -1.62. The van der Waals surface area contributed by atoms with Gasteiger partial charge in [0.25, 0.3) is 0 Å². The minimum absolute atomic E-state index is 0.0648. The average Bonchev–Trinajstić information content (AvgIpc) is 2.74. The van der Waals surface area contributed by atoms with Crippen LogP contribution in [-0.2, 0) is 6.18 Å².